The number of methoxy groups -OCH3 is 1. The highest BCUT2D eigenvalue weighted by atomic mass is 35.5. The summed E-state index contributed by atoms with van der Waals surface area (Å²) in [5, 5.41) is 0.0520. The monoisotopic (exact) mass is 266 g/mol. The number of hydrogen-bond donors (Lipinski definition) is 1. The van der Waals surface area contributed by atoms with Gasteiger partial charge in [-0.1, -0.05) is 23.7 Å². The number of nitrogens with one attached hydrogen (secondary N) is 1. The van der Waals surface area contributed by atoms with Gasteiger partial charge in [-0.3, -0.25) is 9.78 Å². The van der Waals surface area contributed by atoms with Gasteiger partial charge in [0.2, 0.25) is 0 Å². The van der Waals surface area contributed by atoms with Gasteiger partial charge in [0.05, 0.1) is 18.4 Å². The molecule has 0 aliphatic rings. The Morgan fingerprint density at radius 1 is 1.28 bits per heavy atom. The lowest BCUT2D eigenvalue weighted by Crippen LogP contribution is -2.35. The van der Waals surface area contributed by atoms with E-state index in [1.807, 2.05) is 0 Å². The number of rotatable bonds is 2. The highest BCUT2D eigenvalue weighted by molar-refractivity contribution is 6.30. The molecule has 0 bridgehead atoms. The van der Waals surface area contributed by atoms with Crippen LogP contribution in [0.2, 0.25) is 5.15 Å². The lowest BCUT2D eigenvalue weighted by atomic mass is 10.2. The molecular weight excluding hydrogens is 256 g/mol. The summed E-state index contributed by atoms with van der Waals surface area (Å²) in [7, 11) is 1.47. The molecule has 1 aromatic carbocycles. The molecule has 2 aromatic rings. The van der Waals surface area contributed by atoms with E-state index in [9.17, 15) is 9.59 Å². The van der Waals surface area contributed by atoms with Gasteiger partial charge in [-0.05, 0) is 19.1 Å². The number of hydrogen-bond acceptors (Lipinski definition) is 3. The molecule has 2 rings (SSSR count). The quantitative estimate of drug-likeness (QED) is 0.838. The summed E-state index contributed by atoms with van der Waals surface area (Å²) in [6.45, 7) is 1.55. The Morgan fingerprint density at radius 2 is 1.94 bits per heavy atom. The molecule has 1 aromatic heterocycles. The third-order valence-electron chi connectivity index (χ3n) is 2.60. The zero-order chi connectivity index (χ0) is 13.3. The minimum atomic E-state index is -0.597. The van der Waals surface area contributed by atoms with Crippen LogP contribution in [0.5, 0.6) is 5.75 Å². The average Bonchev–Trinajstić information content (AvgIpc) is 2.37. The molecule has 94 valence electrons. The predicted molar refractivity (Wildman–Crippen MR) is 69.0 cm³/mol. The normalized spacial score (nSPS) is 10.4. The Labute approximate surface area is 108 Å². The Kier molecular flexibility index (Phi) is 3.25. The van der Waals surface area contributed by atoms with Gasteiger partial charge >= 0.3 is 5.69 Å². The molecule has 5 nitrogen and oxygen atoms in total. The zero-order valence-electron chi connectivity index (χ0n) is 9.86. The first-order valence-electron chi connectivity index (χ1n) is 5.21. The van der Waals surface area contributed by atoms with Crippen LogP contribution in [-0.4, -0.2) is 16.7 Å². The van der Waals surface area contributed by atoms with Gasteiger partial charge in [0.25, 0.3) is 5.56 Å². The van der Waals surface area contributed by atoms with E-state index in [1.165, 1.54) is 7.11 Å². The van der Waals surface area contributed by atoms with Crippen LogP contribution in [0.25, 0.3) is 5.69 Å². The summed E-state index contributed by atoms with van der Waals surface area (Å²) in [4.78, 5) is 26.3. The number of nitrogens with zero attached hydrogens (tertiary/aromatic N) is 1. The molecule has 6 heteroatoms. The minimum absolute atomic E-state index is 0.0520. The van der Waals surface area contributed by atoms with Gasteiger partial charge in [-0.25, -0.2) is 9.36 Å². The van der Waals surface area contributed by atoms with Crippen LogP contribution in [0.3, 0.4) is 0 Å². The third kappa shape index (κ3) is 1.93. The van der Waals surface area contributed by atoms with Crippen molar-refractivity contribution in [2.24, 2.45) is 0 Å². The second-order valence-electron chi connectivity index (χ2n) is 3.68. The van der Waals surface area contributed by atoms with E-state index in [4.69, 9.17) is 16.3 Å². The summed E-state index contributed by atoms with van der Waals surface area (Å²) >= 11 is 5.75. The maximum absolute atomic E-state index is 12.1. The fourth-order valence-electron chi connectivity index (χ4n) is 1.63. The van der Waals surface area contributed by atoms with E-state index < -0.39 is 11.2 Å². The van der Waals surface area contributed by atoms with Gasteiger partial charge in [-0.15, -0.1) is 0 Å². The summed E-state index contributed by atoms with van der Waals surface area (Å²) in [6, 6.07) is 6.77. The van der Waals surface area contributed by atoms with Crippen LogP contribution >= 0.6 is 11.6 Å². The molecule has 0 amide bonds. The standard InChI is InChI=1S/C12H11ClN2O3/c1-7-10(13)14-12(17)15(11(7)16)8-5-3-4-6-9(8)18-2/h3-6H,1-2H3,(H,14,17). The van der Waals surface area contributed by atoms with Gasteiger partial charge in [-0.2, -0.15) is 0 Å². The van der Waals surface area contributed by atoms with Crippen molar-refractivity contribution in [3.63, 3.8) is 0 Å². The van der Waals surface area contributed by atoms with Crippen molar-refractivity contribution in [3.8, 4) is 11.4 Å². The van der Waals surface area contributed by atoms with E-state index in [1.54, 1.807) is 31.2 Å². The lowest BCUT2D eigenvalue weighted by Gasteiger charge is -2.10. The second kappa shape index (κ2) is 4.70. The summed E-state index contributed by atoms with van der Waals surface area (Å²) in [5.74, 6) is 0.437. The number of aromatic nitrogens is 2. The van der Waals surface area contributed by atoms with Crippen molar-refractivity contribution >= 4 is 11.6 Å². The molecule has 0 saturated carbocycles. The van der Waals surface area contributed by atoms with Crippen molar-refractivity contribution in [3.05, 3.63) is 55.8 Å². The SMILES string of the molecule is COc1ccccc1-n1c(=O)[nH]c(Cl)c(C)c1=O. The van der Waals surface area contributed by atoms with Gasteiger partial charge in [0, 0.05) is 0 Å². The van der Waals surface area contributed by atoms with Crippen molar-refractivity contribution in [2.45, 2.75) is 6.92 Å². The summed E-state index contributed by atoms with van der Waals surface area (Å²) < 4.78 is 6.13. The highest BCUT2D eigenvalue weighted by Crippen LogP contribution is 2.19. The maximum Gasteiger partial charge on any atom is 0.334 e. The van der Waals surface area contributed by atoms with Crippen LogP contribution in [0.15, 0.2) is 33.9 Å². The molecular formula is C12H11ClN2O3. The van der Waals surface area contributed by atoms with E-state index in [2.05, 4.69) is 4.98 Å². The maximum atomic E-state index is 12.1. The van der Waals surface area contributed by atoms with Crippen LogP contribution in [0.1, 0.15) is 5.56 Å². The molecule has 0 radical (unpaired) electrons. The largest absolute Gasteiger partial charge is 0.495 e. The fourth-order valence-corrected chi connectivity index (χ4v) is 1.79. The molecule has 0 unspecified atom stereocenters. The molecule has 18 heavy (non-hydrogen) atoms. The van der Waals surface area contributed by atoms with E-state index in [0.717, 1.165) is 4.57 Å². The Balaban J connectivity index is 2.84. The van der Waals surface area contributed by atoms with Crippen molar-refractivity contribution in [2.75, 3.05) is 7.11 Å². The zero-order valence-corrected chi connectivity index (χ0v) is 10.6. The topological polar surface area (TPSA) is 64.1 Å². The molecule has 0 atom stereocenters. The minimum Gasteiger partial charge on any atom is -0.495 e. The number of aromatic amines is 1. The van der Waals surface area contributed by atoms with Crippen LogP contribution in [0, 0.1) is 6.92 Å². The van der Waals surface area contributed by atoms with E-state index >= 15 is 0 Å². The van der Waals surface area contributed by atoms with Crippen LogP contribution in [0.4, 0.5) is 0 Å². The lowest BCUT2D eigenvalue weighted by molar-refractivity contribution is 0.412. The second-order valence-corrected chi connectivity index (χ2v) is 4.06. The summed E-state index contributed by atoms with van der Waals surface area (Å²) in [5.41, 5.74) is -0.401. The molecule has 0 aliphatic carbocycles. The number of para-hydroxylation sites is 2. The molecule has 0 spiro atoms. The van der Waals surface area contributed by atoms with Gasteiger partial charge in [0.15, 0.2) is 0 Å². The van der Waals surface area contributed by atoms with E-state index in [0.29, 0.717) is 11.4 Å². The van der Waals surface area contributed by atoms with Gasteiger partial charge < -0.3 is 4.74 Å². The fraction of sp³-hybridized carbons (Fsp3) is 0.167. The summed E-state index contributed by atoms with van der Waals surface area (Å²) in [6.07, 6.45) is 0. The first-order valence-corrected chi connectivity index (χ1v) is 5.59. The van der Waals surface area contributed by atoms with Crippen molar-refractivity contribution < 1.29 is 4.74 Å². The number of benzene rings is 1. The third-order valence-corrected chi connectivity index (χ3v) is 2.98. The first kappa shape index (κ1) is 12.4. The highest BCUT2D eigenvalue weighted by Gasteiger charge is 2.13. The van der Waals surface area contributed by atoms with Gasteiger partial charge in [0.1, 0.15) is 10.9 Å². The predicted octanol–water partition coefficient (Wildman–Crippen LogP) is 1.50. The number of H-pyrrole nitrogens is 1. The Hall–Kier alpha value is -2.01. The smallest absolute Gasteiger partial charge is 0.334 e. The average molecular weight is 267 g/mol. The van der Waals surface area contributed by atoms with E-state index in [-0.39, 0.29) is 10.7 Å². The molecule has 0 saturated heterocycles. The number of halogens is 1. The Bertz CT molecular complexity index is 703. The van der Waals surface area contributed by atoms with Crippen LogP contribution in [-0.2, 0) is 0 Å². The van der Waals surface area contributed by atoms with Crippen LogP contribution < -0.4 is 16.0 Å². The van der Waals surface area contributed by atoms with Crippen molar-refractivity contribution in [1.29, 1.82) is 0 Å². The molecule has 1 N–H and O–H groups in total. The Morgan fingerprint density at radius 3 is 2.61 bits per heavy atom. The number of ether oxygens (including phenoxy) is 1. The molecule has 0 aliphatic heterocycles. The molecule has 0 fully saturated rings. The van der Waals surface area contributed by atoms with Crippen molar-refractivity contribution in [1.82, 2.24) is 9.55 Å². The first-order chi connectivity index (χ1) is 8.56. The molecule has 1 heterocycles.